The molecule has 0 spiro atoms. The summed E-state index contributed by atoms with van der Waals surface area (Å²) >= 11 is 9.14. The van der Waals surface area contributed by atoms with Crippen LogP contribution < -0.4 is 0 Å². The number of hydrogen-bond acceptors (Lipinski definition) is 1. The summed E-state index contributed by atoms with van der Waals surface area (Å²) in [5, 5.41) is 0. The van der Waals surface area contributed by atoms with Crippen molar-refractivity contribution in [1.29, 1.82) is 0 Å². The topological polar surface area (TPSA) is 0 Å². The van der Waals surface area contributed by atoms with Gasteiger partial charge in [-0.1, -0.05) is 15.9 Å². The molecule has 3 heteroatoms. The average molecular weight is 338 g/mol. The second kappa shape index (κ2) is 5.13. The Balaban J connectivity index is 1.67. The second-order valence-corrected chi connectivity index (χ2v) is 7.68. The predicted molar refractivity (Wildman–Crippen MR) is 70.4 cm³/mol. The van der Waals surface area contributed by atoms with Gasteiger partial charge in [-0.15, -0.1) is 11.3 Å². The van der Waals surface area contributed by atoms with E-state index in [1.54, 1.807) is 0 Å². The summed E-state index contributed by atoms with van der Waals surface area (Å²) in [5.74, 6) is 0.991. The largest absolute Gasteiger partial charge is 0.133 e. The molecular weight excluding hydrogens is 324 g/mol. The molecule has 1 aliphatic carbocycles. The minimum atomic E-state index is 0.783. The van der Waals surface area contributed by atoms with E-state index in [9.17, 15) is 0 Å². The van der Waals surface area contributed by atoms with Gasteiger partial charge in [-0.25, -0.2) is 0 Å². The van der Waals surface area contributed by atoms with Gasteiger partial charge in [0, 0.05) is 9.70 Å². The minimum Gasteiger partial charge on any atom is -0.133 e. The van der Waals surface area contributed by atoms with Crippen LogP contribution in [0.2, 0.25) is 0 Å². The first-order chi connectivity index (χ1) is 6.75. The van der Waals surface area contributed by atoms with Crippen LogP contribution in [0.1, 0.15) is 30.6 Å². The highest BCUT2D eigenvalue weighted by atomic mass is 79.9. The third kappa shape index (κ3) is 3.35. The van der Waals surface area contributed by atoms with Crippen molar-refractivity contribution in [1.82, 2.24) is 0 Å². The van der Waals surface area contributed by atoms with Gasteiger partial charge in [0.25, 0.3) is 0 Å². The Labute approximate surface area is 106 Å². The third-order valence-electron chi connectivity index (χ3n) is 2.67. The molecular formula is C11H14Br2S. The van der Waals surface area contributed by atoms with E-state index in [0.717, 1.165) is 10.7 Å². The summed E-state index contributed by atoms with van der Waals surface area (Å²) in [4.78, 5) is 2.29. The Morgan fingerprint density at radius 3 is 2.79 bits per heavy atom. The summed E-state index contributed by atoms with van der Waals surface area (Å²) in [6, 6.07) is 4.38. The van der Waals surface area contributed by atoms with Crippen LogP contribution in [-0.4, -0.2) is 4.83 Å². The monoisotopic (exact) mass is 336 g/mol. The van der Waals surface area contributed by atoms with Gasteiger partial charge in [-0.05, 0) is 66.1 Å². The molecule has 0 bridgehead atoms. The van der Waals surface area contributed by atoms with Crippen LogP contribution in [0, 0.1) is 5.92 Å². The van der Waals surface area contributed by atoms with Crippen molar-refractivity contribution in [2.45, 2.75) is 36.9 Å². The average Bonchev–Trinajstić information content (AvgIpc) is 2.92. The van der Waals surface area contributed by atoms with E-state index >= 15 is 0 Å². The fourth-order valence-corrected chi connectivity index (χ4v) is 4.03. The van der Waals surface area contributed by atoms with Crippen LogP contribution in [0.4, 0.5) is 0 Å². The lowest BCUT2D eigenvalue weighted by molar-refractivity contribution is 0.656. The number of alkyl halides is 1. The lowest BCUT2D eigenvalue weighted by atomic mass is 10.1. The lowest BCUT2D eigenvalue weighted by Crippen LogP contribution is -2.00. The zero-order chi connectivity index (χ0) is 9.97. The Morgan fingerprint density at radius 1 is 1.43 bits per heavy atom. The second-order valence-electron chi connectivity index (χ2n) is 3.95. The Bertz CT molecular complexity index is 291. The fourth-order valence-electron chi connectivity index (χ4n) is 1.65. The van der Waals surface area contributed by atoms with Gasteiger partial charge in [0.2, 0.25) is 0 Å². The summed E-state index contributed by atoms with van der Waals surface area (Å²) < 4.78 is 1.25. The van der Waals surface area contributed by atoms with Gasteiger partial charge < -0.3 is 0 Å². The molecule has 14 heavy (non-hydrogen) atoms. The van der Waals surface area contributed by atoms with Gasteiger partial charge in [0.15, 0.2) is 0 Å². The van der Waals surface area contributed by atoms with Gasteiger partial charge in [0.05, 0.1) is 3.79 Å². The molecule has 1 aliphatic rings. The van der Waals surface area contributed by atoms with Crippen LogP contribution >= 0.6 is 43.2 Å². The molecule has 1 aromatic rings. The van der Waals surface area contributed by atoms with E-state index in [4.69, 9.17) is 0 Å². The zero-order valence-electron chi connectivity index (χ0n) is 8.01. The van der Waals surface area contributed by atoms with Crippen LogP contribution in [-0.2, 0) is 6.42 Å². The molecule has 0 aromatic carbocycles. The van der Waals surface area contributed by atoms with E-state index in [1.165, 1.54) is 40.8 Å². The van der Waals surface area contributed by atoms with Gasteiger partial charge in [-0.3, -0.25) is 0 Å². The van der Waals surface area contributed by atoms with Crippen molar-refractivity contribution in [2.75, 3.05) is 0 Å². The fraction of sp³-hybridized carbons (Fsp3) is 0.636. The molecule has 0 radical (unpaired) electrons. The van der Waals surface area contributed by atoms with Crippen molar-refractivity contribution in [3.05, 3.63) is 20.8 Å². The Morgan fingerprint density at radius 2 is 2.21 bits per heavy atom. The standard InChI is InChI=1S/C11H14Br2S/c12-10(8-4-5-8)3-1-2-9-6-7-11(13)14-9/h6-8,10H,1-5H2. The van der Waals surface area contributed by atoms with E-state index < -0.39 is 0 Å². The number of thiophene rings is 1. The third-order valence-corrected chi connectivity index (χ3v) is 5.55. The first kappa shape index (κ1) is 11.2. The highest BCUT2D eigenvalue weighted by Crippen LogP contribution is 2.38. The van der Waals surface area contributed by atoms with Gasteiger partial charge in [0.1, 0.15) is 0 Å². The molecule has 1 fully saturated rings. The van der Waals surface area contributed by atoms with Crippen LogP contribution in [0.5, 0.6) is 0 Å². The first-order valence-electron chi connectivity index (χ1n) is 5.14. The normalized spacial score (nSPS) is 18.4. The molecule has 0 aliphatic heterocycles. The number of hydrogen-bond donors (Lipinski definition) is 0. The molecule has 1 atom stereocenters. The van der Waals surface area contributed by atoms with Crippen molar-refractivity contribution in [2.24, 2.45) is 5.92 Å². The van der Waals surface area contributed by atoms with Crippen LogP contribution in [0.25, 0.3) is 0 Å². The molecule has 1 heterocycles. The van der Waals surface area contributed by atoms with Crippen LogP contribution in [0.3, 0.4) is 0 Å². The molecule has 78 valence electrons. The van der Waals surface area contributed by atoms with Crippen LogP contribution in [0.15, 0.2) is 15.9 Å². The number of halogens is 2. The first-order valence-corrected chi connectivity index (χ1v) is 7.66. The minimum absolute atomic E-state index is 0.783. The summed E-state index contributed by atoms with van der Waals surface area (Å²) in [6.07, 6.45) is 6.78. The lowest BCUT2D eigenvalue weighted by Gasteiger charge is -2.06. The number of rotatable bonds is 5. The molecule has 0 amide bonds. The summed E-state index contributed by atoms with van der Waals surface area (Å²) in [5.41, 5.74) is 0. The van der Waals surface area contributed by atoms with Crippen molar-refractivity contribution >= 4 is 43.2 Å². The zero-order valence-corrected chi connectivity index (χ0v) is 12.0. The SMILES string of the molecule is Brc1ccc(CCCC(Br)C2CC2)s1. The quantitative estimate of drug-likeness (QED) is 0.663. The molecule has 0 nitrogen and oxygen atoms in total. The predicted octanol–water partition coefficient (Wildman–Crippen LogP) is 5.01. The van der Waals surface area contributed by atoms with Gasteiger partial charge in [-0.2, -0.15) is 0 Å². The molecule has 1 unspecified atom stereocenters. The maximum Gasteiger partial charge on any atom is 0.0701 e. The Hall–Kier alpha value is 0.660. The molecule has 0 N–H and O–H groups in total. The molecule has 0 saturated heterocycles. The summed E-state index contributed by atoms with van der Waals surface area (Å²) in [6.45, 7) is 0. The van der Waals surface area contributed by atoms with Gasteiger partial charge >= 0.3 is 0 Å². The highest BCUT2D eigenvalue weighted by Gasteiger charge is 2.28. The maximum absolute atomic E-state index is 3.78. The Kier molecular flexibility index (Phi) is 4.09. The maximum atomic E-state index is 3.78. The highest BCUT2D eigenvalue weighted by molar-refractivity contribution is 9.11. The molecule has 1 saturated carbocycles. The van der Waals surface area contributed by atoms with E-state index in [0.29, 0.717) is 0 Å². The number of aryl methyl sites for hydroxylation is 1. The van der Waals surface area contributed by atoms with Crippen molar-refractivity contribution in [3.8, 4) is 0 Å². The van der Waals surface area contributed by atoms with Crippen molar-refractivity contribution < 1.29 is 0 Å². The van der Waals surface area contributed by atoms with Crippen molar-refractivity contribution in [3.63, 3.8) is 0 Å². The smallest absolute Gasteiger partial charge is 0.0701 e. The van der Waals surface area contributed by atoms with E-state index in [-0.39, 0.29) is 0 Å². The molecule has 2 rings (SSSR count). The van der Waals surface area contributed by atoms with E-state index in [1.807, 2.05) is 11.3 Å². The van der Waals surface area contributed by atoms with E-state index in [2.05, 4.69) is 44.0 Å². The molecule has 1 aromatic heterocycles. The summed E-state index contributed by atoms with van der Waals surface area (Å²) in [7, 11) is 0.